The highest BCUT2D eigenvalue weighted by atomic mass is 16.6. The Labute approximate surface area is 116 Å². The molecule has 1 aliphatic rings. The summed E-state index contributed by atoms with van der Waals surface area (Å²) in [5, 5.41) is 13.6. The van der Waals surface area contributed by atoms with Crippen molar-refractivity contribution in [2.45, 2.75) is 13.8 Å². The molecule has 2 amide bonds. The van der Waals surface area contributed by atoms with Crippen molar-refractivity contribution in [1.29, 1.82) is 0 Å². The largest absolute Gasteiger partial charge is 0.378 e. The molecule has 0 aromatic heterocycles. The predicted octanol–water partition coefficient (Wildman–Crippen LogP) is 2.08. The number of benzene rings is 1. The lowest BCUT2D eigenvalue weighted by molar-refractivity contribution is -0.385. The van der Waals surface area contributed by atoms with E-state index >= 15 is 0 Å². The number of hydrogen-bond donors (Lipinski definition) is 1. The quantitative estimate of drug-likeness (QED) is 0.663. The second-order valence-electron chi connectivity index (χ2n) is 4.74. The number of nitrogens with one attached hydrogen (secondary N) is 1. The Bertz CT molecular complexity index is 539. The standard InChI is InChI=1S/C13H17N3O4/c1-9-8-12(16(18)19)10(2)7-11(9)14-13(17)15-3-5-20-6-4-15/h7-8H,3-6H2,1-2H3,(H,14,17). The molecular weight excluding hydrogens is 262 g/mol. The molecule has 20 heavy (non-hydrogen) atoms. The van der Waals surface area contributed by atoms with Crippen LogP contribution in [-0.2, 0) is 4.74 Å². The van der Waals surface area contributed by atoms with Gasteiger partial charge < -0.3 is 15.0 Å². The van der Waals surface area contributed by atoms with Crippen molar-refractivity contribution in [2.75, 3.05) is 31.6 Å². The molecule has 0 unspecified atom stereocenters. The van der Waals surface area contributed by atoms with E-state index < -0.39 is 4.92 Å². The van der Waals surface area contributed by atoms with Crippen molar-refractivity contribution in [2.24, 2.45) is 0 Å². The maximum atomic E-state index is 12.1. The number of urea groups is 1. The number of anilines is 1. The Morgan fingerprint density at radius 2 is 1.95 bits per heavy atom. The summed E-state index contributed by atoms with van der Waals surface area (Å²) < 4.78 is 5.19. The molecule has 1 fully saturated rings. The first kappa shape index (κ1) is 14.3. The molecule has 1 aromatic rings. The molecule has 7 nitrogen and oxygen atoms in total. The van der Waals surface area contributed by atoms with Crippen molar-refractivity contribution in [3.63, 3.8) is 0 Å². The van der Waals surface area contributed by atoms with Gasteiger partial charge in [-0.05, 0) is 25.5 Å². The molecule has 7 heteroatoms. The molecule has 0 atom stereocenters. The van der Waals surface area contributed by atoms with Crippen LogP contribution in [0.4, 0.5) is 16.2 Å². The summed E-state index contributed by atoms with van der Waals surface area (Å²) in [5.74, 6) is 0. The van der Waals surface area contributed by atoms with E-state index in [1.54, 1.807) is 24.8 Å². The third-order valence-corrected chi connectivity index (χ3v) is 3.28. The van der Waals surface area contributed by atoms with Gasteiger partial charge in [0.1, 0.15) is 0 Å². The normalized spacial score (nSPS) is 15.0. The van der Waals surface area contributed by atoms with Crippen molar-refractivity contribution in [1.82, 2.24) is 4.90 Å². The van der Waals surface area contributed by atoms with Crippen LogP contribution in [0.2, 0.25) is 0 Å². The molecule has 0 saturated carbocycles. The first-order valence-electron chi connectivity index (χ1n) is 6.38. The van der Waals surface area contributed by atoms with Gasteiger partial charge in [0.05, 0.1) is 18.1 Å². The van der Waals surface area contributed by atoms with E-state index in [9.17, 15) is 14.9 Å². The lowest BCUT2D eigenvalue weighted by Gasteiger charge is -2.27. The van der Waals surface area contributed by atoms with Crippen LogP contribution >= 0.6 is 0 Å². The molecule has 2 rings (SSSR count). The van der Waals surface area contributed by atoms with Crippen molar-refractivity contribution < 1.29 is 14.5 Å². The molecule has 108 valence electrons. The molecule has 0 bridgehead atoms. The summed E-state index contributed by atoms with van der Waals surface area (Å²) in [5.41, 5.74) is 1.86. The maximum absolute atomic E-state index is 12.1. The van der Waals surface area contributed by atoms with Crippen LogP contribution in [-0.4, -0.2) is 42.2 Å². The number of amides is 2. The summed E-state index contributed by atoms with van der Waals surface area (Å²) in [6, 6.07) is 2.90. The lowest BCUT2D eigenvalue weighted by Crippen LogP contribution is -2.43. The van der Waals surface area contributed by atoms with Gasteiger partial charge in [-0.15, -0.1) is 0 Å². The van der Waals surface area contributed by atoms with Gasteiger partial charge in [-0.25, -0.2) is 4.79 Å². The van der Waals surface area contributed by atoms with Gasteiger partial charge in [-0.1, -0.05) is 0 Å². The van der Waals surface area contributed by atoms with Gasteiger partial charge in [0, 0.05) is 30.4 Å². The van der Waals surface area contributed by atoms with E-state index in [4.69, 9.17) is 4.74 Å². The summed E-state index contributed by atoms with van der Waals surface area (Å²) in [7, 11) is 0. The monoisotopic (exact) mass is 279 g/mol. The number of morpholine rings is 1. The minimum absolute atomic E-state index is 0.0619. The zero-order valence-corrected chi connectivity index (χ0v) is 11.5. The highest BCUT2D eigenvalue weighted by Gasteiger charge is 2.19. The van der Waals surface area contributed by atoms with Crippen molar-refractivity contribution in [3.05, 3.63) is 33.4 Å². The fourth-order valence-electron chi connectivity index (χ4n) is 2.09. The molecular formula is C13H17N3O4. The van der Waals surface area contributed by atoms with Gasteiger partial charge in [-0.3, -0.25) is 10.1 Å². The average Bonchev–Trinajstić information content (AvgIpc) is 2.43. The van der Waals surface area contributed by atoms with E-state index in [0.717, 1.165) is 0 Å². The lowest BCUT2D eigenvalue weighted by atomic mass is 10.1. The van der Waals surface area contributed by atoms with Gasteiger partial charge in [-0.2, -0.15) is 0 Å². The van der Waals surface area contributed by atoms with Crippen LogP contribution in [0.25, 0.3) is 0 Å². The fraction of sp³-hybridized carbons (Fsp3) is 0.462. The van der Waals surface area contributed by atoms with E-state index in [1.165, 1.54) is 6.07 Å². The van der Waals surface area contributed by atoms with Crippen LogP contribution < -0.4 is 5.32 Å². The third-order valence-electron chi connectivity index (χ3n) is 3.28. The minimum atomic E-state index is -0.421. The Morgan fingerprint density at radius 3 is 2.55 bits per heavy atom. The van der Waals surface area contributed by atoms with Gasteiger partial charge in [0.25, 0.3) is 5.69 Å². The maximum Gasteiger partial charge on any atom is 0.322 e. The second-order valence-corrected chi connectivity index (χ2v) is 4.74. The van der Waals surface area contributed by atoms with E-state index in [1.807, 2.05) is 0 Å². The Balaban J connectivity index is 2.15. The third kappa shape index (κ3) is 3.05. The molecule has 1 aromatic carbocycles. The molecule has 1 aliphatic heterocycles. The zero-order valence-electron chi connectivity index (χ0n) is 11.5. The molecule has 0 radical (unpaired) electrons. The second kappa shape index (κ2) is 5.87. The number of rotatable bonds is 2. The average molecular weight is 279 g/mol. The van der Waals surface area contributed by atoms with Crippen LogP contribution in [0.15, 0.2) is 12.1 Å². The predicted molar refractivity (Wildman–Crippen MR) is 74.0 cm³/mol. The van der Waals surface area contributed by atoms with E-state index in [-0.39, 0.29) is 11.7 Å². The van der Waals surface area contributed by atoms with E-state index in [0.29, 0.717) is 43.1 Å². The first-order valence-corrected chi connectivity index (χ1v) is 6.38. The molecule has 1 heterocycles. The molecule has 0 aliphatic carbocycles. The smallest absolute Gasteiger partial charge is 0.322 e. The Kier molecular flexibility index (Phi) is 4.19. The first-order chi connectivity index (χ1) is 9.49. The molecule has 1 N–H and O–H groups in total. The number of nitrogens with zero attached hydrogens (tertiary/aromatic N) is 2. The van der Waals surface area contributed by atoms with Crippen LogP contribution in [0.3, 0.4) is 0 Å². The van der Waals surface area contributed by atoms with Crippen molar-refractivity contribution in [3.8, 4) is 0 Å². The van der Waals surface area contributed by atoms with Crippen LogP contribution in [0, 0.1) is 24.0 Å². The SMILES string of the molecule is Cc1cc([N+](=O)[O-])c(C)cc1NC(=O)N1CCOCC1. The summed E-state index contributed by atoms with van der Waals surface area (Å²) in [6.07, 6.45) is 0. The number of hydrogen-bond acceptors (Lipinski definition) is 4. The number of carbonyl (C=O) groups is 1. The highest BCUT2D eigenvalue weighted by molar-refractivity contribution is 5.90. The highest BCUT2D eigenvalue weighted by Crippen LogP contribution is 2.26. The van der Waals surface area contributed by atoms with Crippen LogP contribution in [0.1, 0.15) is 11.1 Å². The van der Waals surface area contributed by atoms with Crippen LogP contribution in [0.5, 0.6) is 0 Å². The molecule has 0 spiro atoms. The summed E-state index contributed by atoms with van der Waals surface area (Å²) >= 11 is 0. The number of nitro benzene ring substituents is 1. The fourth-order valence-corrected chi connectivity index (χ4v) is 2.09. The van der Waals surface area contributed by atoms with Gasteiger partial charge in [0.2, 0.25) is 0 Å². The van der Waals surface area contributed by atoms with Crippen molar-refractivity contribution >= 4 is 17.4 Å². The minimum Gasteiger partial charge on any atom is -0.378 e. The van der Waals surface area contributed by atoms with Gasteiger partial charge >= 0.3 is 6.03 Å². The Hall–Kier alpha value is -2.15. The summed E-state index contributed by atoms with van der Waals surface area (Å²) in [4.78, 5) is 24.2. The number of carbonyl (C=O) groups excluding carboxylic acids is 1. The topological polar surface area (TPSA) is 84.7 Å². The van der Waals surface area contributed by atoms with Gasteiger partial charge in [0.15, 0.2) is 0 Å². The van der Waals surface area contributed by atoms with E-state index in [2.05, 4.69) is 5.32 Å². The number of nitro groups is 1. The zero-order chi connectivity index (χ0) is 14.7. The summed E-state index contributed by atoms with van der Waals surface area (Å²) in [6.45, 7) is 5.56. The molecule has 1 saturated heterocycles. The Morgan fingerprint density at radius 1 is 1.30 bits per heavy atom. The number of aryl methyl sites for hydroxylation is 2. The number of ether oxygens (including phenoxy) is 1.